The lowest BCUT2D eigenvalue weighted by atomic mass is 9.97. The van der Waals surface area contributed by atoms with Gasteiger partial charge in [-0.2, -0.15) is 0 Å². The summed E-state index contributed by atoms with van der Waals surface area (Å²) >= 11 is 0. The Morgan fingerprint density at radius 2 is 1.75 bits per heavy atom. The fraction of sp³-hybridized carbons (Fsp3) is 0.316. The number of hydrogen-bond donors (Lipinski definition) is 1. The van der Waals surface area contributed by atoms with Crippen LogP contribution in [0.5, 0.6) is 11.5 Å². The molecule has 1 amide bonds. The molecule has 0 spiro atoms. The van der Waals surface area contributed by atoms with Gasteiger partial charge in [-0.1, -0.05) is 30.3 Å². The highest BCUT2D eigenvalue weighted by atomic mass is 16.6. The van der Waals surface area contributed by atoms with Crippen molar-refractivity contribution in [2.75, 3.05) is 23.4 Å². The maximum atomic E-state index is 13.0. The predicted octanol–water partition coefficient (Wildman–Crippen LogP) is 3.20. The van der Waals surface area contributed by atoms with Crippen molar-refractivity contribution in [1.82, 2.24) is 0 Å². The first-order chi connectivity index (χ1) is 11.5. The minimum Gasteiger partial charge on any atom is -0.486 e. The van der Waals surface area contributed by atoms with Crippen LogP contribution in [0.15, 0.2) is 42.5 Å². The number of ether oxygens (including phenoxy) is 2. The lowest BCUT2D eigenvalue weighted by molar-refractivity contribution is -0.122. The summed E-state index contributed by atoms with van der Waals surface area (Å²) in [7, 11) is 0. The monoisotopic (exact) mass is 324 g/mol. The molecule has 0 aliphatic carbocycles. The van der Waals surface area contributed by atoms with E-state index in [9.17, 15) is 4.79 Å². The van der Waals surface area contributed by atoms with Crippen molar-refractivity contribution < 1.29 is 14.3 Å². The molecule has 2 aliphatic heterocycles. The van der Waals surface area contributed by atoms with Crippen molar-refractivity contribution in [1.29, 1.82) is 0 Å². The van der Waals surface area contributed by atoms with Gasteiger partial charge in [-0.15, -0.1) is 0 Å². The summed E-state index contributed by atoms with van der Waals surface area (Å²) in [5.74, 6) is 1.44. The highest BCUT2D eigenvalue weighted by Gasteiger charge is 2.39. The van der Waals surface area contributed by atoms with E-state index < -0.39 is 5.54 Å². The van der Waals surface area contributed by atoms with E-state index >= 15 is 0 Å². The number of rotatable bonds is 2. The highest BCUT2D eigenvalue weighted by Crippen LogP contribution is 2.44. The normalized spacial score (nSPS) is 17.9. The predicted molar refractivity (Wildman–Crippen MR) is 92.8 cm³/mol. The molecule has 0 atom stereocenters. The van der Waals surface area contributed by atoms with Gasteiger partial charge in [-0.3, -0.25) is 4.79 Å². The average molecular weight is 324 g/mol. The third-order valence-electron chi connectivity index (χ3n) is 4.36. The van der Waals surface area contributed by atoms with E-state index in [-0.39, 0.29) is 5.91 Å². The van der Waals surface area contributed by atoms with Crippen molar-refractivity contribution in [2.45, 2.75) is 25.9 Å². The first-order valence-corrected chi connectivity index (χ1v) is 8.12. The van der Waals surface area contributed by atoms with Gasteiger partial charge in [0.25, 0.3) is 5.91 Å². The van der Waals surface area contributed by atoms with Crippen molar-refractivity contribution >= 4 is 17.3 Å². The summed E-state index contributed by atoms with van der Waals surface area (Å²) in [4.78, 5) is 14.8. The highest BCUT2D eigenvalue weighted by molar-refractivity contribution is 6.07. The maximum Gasteiger partial charge on any atom is 0.252 e. The number of hydrogen-bond acceptors (Lipinski definition) is 4. The van der Waals surface area contributed by atoms with Crippen molar-refractivity contribution in [2.24, 2.45) is 0 Å². The minimum absolute atomic E-state index is 0.0375. The quantitative estimate of drug-likeness (QED) is 0.922. The number of benzene rings is 2. The topological polar surface area (TPSA) is 50.8 Å². The zero-order valence-corrected chi connectivity index (χ0v) is 13.8. The number of nitrogens with zero attached hydrogens (tertiary/aromatic N) is 1. The van der Waals surface area contributed by atoms with Gasteiger partial charge in [0.05, 0.1) is 17.9 Å². The molecule has 0 fully saturated rings. The fourth-order valence-corrected chi connectivity index (χ4v) is 3.16. The van der Waals surface area contributed by atoms with E-state index in [4.69, 9.17) is 9.47 Å². The molecular weight excluding hydrogens is 304 g/mol. The van der Waals surface area contributed by atoms with Crippen LogP contribution in [0.4, 0.5) is 11.4 Å². The van der Waals surface area contributed by atoms with E-state index in [2.05, 4.69) is 5.32 Å². The van der Waals surface area contributed by atoms with Gasteiger partial charge in [-0.05, 0) is 19.4 Å². The Hall–Kier alpha value is -2.69. The Balaban J connectivity index is 1.79. The second-order valence-electron chi connectivity index (χ2n) is 6.64. The van der Waals surface area contributed by atoms with Crippen LogP contribution in [-0.2, 0) is 11.3 Å². The molecule has 0 saturated carbocycles. The zero-order valence-electron chi connectivity index (χ0n) is 13.8. The van der Waals surface area contributed by atoms with Gasteiger partial charge in [0, 0.05) is 12.1 Å². The van der Waals surface area contributed by atoms with E-state index in [1.165, 1.54) is 0 Å². The van der Waals surface area contributed by atoms with Crippen molar-refractivity contribution in [3.8, 4) is 11.5 Å². The average Bonchev–Trinajstić information content (AvgIpc) is 2.58. The Kier molecular flexibility index (Phi) is 3.37. The second-order valence-corrected chi connectivity index (χ2v) is 6.64. The number of carbonyl (C=O) groups excluding carboxylic acids is 1. The van der Waals surface area contributed by atoms with Crippen LogP contribution >= 0.6 is 0 Å². The summed E-state index contributed by atoms with van der Waals surface area (Å²) < 4.78 is 11.4. The van der Waals surface area contributed by atoms with Crippen LogP contribution in [0.3, 0.4) is 0 Å². The standard InChI is InChI=1S/C19H20N2O3/c1-19(2)18(22)21(12-13-6-4-3-5-7-13)15-11-17-16(10-14(15)20-19)23-8-9-24-17/h3-7,10-11,20H,8-9,12H2,1-2H3. The molecule has 1 N–H and O–H groups in total. The number of nitrogens with one attached hydrogen (secondary N) is 1. The van der Waals surface area contributed by atoms with Crippen LogP contribution in [0, 0.1) is 0 Å². The van der Waals surface area contributed by atoms with Gasteiger partial charge in [0.15, 0.2) is 11.5 Å². The van der Waals surface area contributed by atoms with Crippen LogP contribution < -0.4 is 19.7 Å². The Bertz CT molecular complexity index is 787. The van der Waals surface area contributed by atoms with Gasteiger partial charge in [0.1, 0.15) is 18.8 Å². The van der Waals surface area contributed by atoms with Crippen LogP contribution in [0.2, 0.25) is 0 Å². The molecule has 2 aliphatic rings. The Morgan fingerprint density at radius 1 is 1.08 bits per heavy atom. The number of amides is 1. The Morgan fingerprint density at radius 3 is 2.46 bits per heavy atom. The summed E-state index contributed by atoms with van der Waals surface area (Å²) in [6.45, 7) is 5.39. The van der Waals surface area contributed by atoms with Crippen LogP contribution in [0.25, 0.3) is 0 Å². The summed E-state index contributed by atoms with van der Waals surface area (Å²) in [6, 6.07) is 13.8. The lowest BCUT2D eigenvalue weighted by Crippen LogP contribution is -2.53. The molecule has 24 heavy (non-hydrogen) atoms. The lowest BCUT2D eigenvalue weighted by Gasteiger charge is -2.40. The molecule has 0 bridgehead atoms. The van der Waals surface area contributed by atoms with E-state index in [1.807, 2.05) is 61.2 Å². The minimum atomic E-state index is -0.675. The first-order valence-electron chi connectivity index (χ1n) is 8.12. The molecule has 4 rings (SSSR count). The Labute approximate surface area is 141 Å². The largest absolute Gasteiger partial charge is 0.486 e. The maximum absolute atomic E-state index is 13.0. The third kappa shape index (κ3) is 2.46. The van der Waals surface area contributed by atoms with E-state index in [1.54, 1.807) is 0 Å². The third-order valence-corrected chi connectivity index (χ3v) is 4.36. The molecular formula is C19H20N2O3. The van der Waals surface area contributed by atoms with E-state index in [0.29, 0.717) is 25.5 Å². The molecule has 5 nitrogen and oxygen atoms in total. The van der Waals surface area contributed by atoms with Gasteiger partial charge in [-0.25, -0.2) is 0 Å². The van der Waals surface area contributed by atoms with Crippen LogP contribution in [-0.4, -0.2) is 24.7 Å². The smallest absolute Gasteiger partial charge is 0.252 e. The van der Waals surface area contributed by atoms with Gasteiger partial charge in [0.2, 0.25) is 0 Å². The molecule has 0 aromatic heterocycles. The molecule has 0 unspecified atom stereocenters. The van der Waals surface area contributed by atoms with E-state index in [0.717, 1.165) is 22.7 Å². The zero-order chi connectivity index (χ0) is 16.7. The van der Waals surface area contributed by atoms with Crippen LogP contribution in [0.1, 0.15) is 19.4 Å². The number of anilines is 2. The molecule has 2 aromatic carbocycles. The number of fused-ring (bicyclic) bond motifs is 2. The van der Waals surface area contributed by atoms with Crippen molar-refractivity contribution in [3.63, 3.8) is 0 Å². The first kappa shape index (κ1) is 14.9. The van der Waals surface area contributed by atoms with Gasteiger partial charge >= 0.3 is 0 Å². The van der Waals surface area contributed by atoms with Gasteiger partial charge < -0.3 is 19.7 Å². The molecule has 0 saturated heterocycles. The summed E-state index contributed by atoms with van der Waals surface area (Å²) in [5.41, 5.74) is 2.13. The summed E-state index contributed by atoms with van der Waals surface area (Å²) in [6.07, 6.45) is 0. The second kappa shape index (κ2) is 5.44. The van der Waals surface area contributed by atoms with Crippen molar-refractivity contribution in [3.05, 3.63) is 48.0 Å². The molecule has 2 heterocycles. The molecule has 124 valence electrons. The molecule has 0 radical (unpaired) electrons. The molecule has 5 heteroatoms. The fourth-order valence-electron chi connectivity index (χ4n) is 3.16. The molecule has 2 aromatic rings. The number of carbonyl (C=O) groups is 1. The SMILES string of the molecule is CC1(C)Nc2cc3c(cc2N(Cc2ccccc2)C1=O)OCCO3. The summed E-state index contributed by atoms with van der Waals surface area (Å²) in [5, 5.41) is 3.33.